The molecule has 0 saturated carbocycles. The lowest BCUT2D eigenvalue weighted by Gasteiger charge is -2.12. The maximum Gasteiger partial charge on any atom is 0.262 e. The third kappa shape index (κ3) is 4.18. The summed E-state index contributed by atoms with van der Waals surface area (Å²) >= 11 is 1.32. The van der Waals surface area contributed by atoms with E-state index in [1.165, 1.54) is 28.5 Å². The number of aryl methyl sites for hydroxylation is 1. The second kappa shape index (κ2) is 9.39. The molecule has 4 rings (SSSR count). The van der Waals surface area contributed by atoms with E-state index < -0.39 is 5.82 Å². The average Bonchev–Trinajstić information content (AvgIpc) is 3.22. The van der Waals surface area contributed by atoms with Crippen molar-refractivity contribution in [2.24, 2.45) is 0 Å². The Morgan fingerprint density at radius 3 is 2.81 bits per heavy atom. The third-order valence-electron chi connectivity index (χ3n) is 5.11. The first-order valence-electron chi connectivity index (χ1n) is 10.0. The van der Waals surface area contributed by atoms with Crippen molar-refractivity contribution in [1.29, 1.82) is 0 Å². The van der Waals surface area contributed by atoms with Gasteiger partial charge in [0, 0.05) is 13.1 Å². The zero-order valence-electron chi connectivity index (χ0n) is 17.7. The number of thioether (sulfide) groups is 1. The van der Waals surface area contributed by atoms with Crippen molar-refractivity contribution in [3.8, 4) is 5.75 Å². The summed E-state index contributed by atoms with van der Waals surface area (Å²) in [6.45, 7) is 0.687. The highest BCUT2D eigenvalue weighted by atomic mass is 32.2. The SMILES string of the molecule is COc1cccc(CC(=O)NCCCn2c(=O)c3cccc(F)c3n3c(SC)nnc23)c1. The molecule has 0 aliphatic rings. The van der Waals surface area contributed by atoms with E-state index in [2.05, 4.69) is 15.5 Å². The average molecular weight is 456 g/mol. The third-order valence-corrected chi connectivity index (χ3v) is 5.74. The van der Waals surface area contributed by atoms with Crippen molar-refractivity contribution in [1.82, 2.24) is 24.5 Å². The van der Waals surface area contributed by atoms with Gasteiger partial charge in [-0.05, 0) is 42.5 Å². The van der Waals surface area contributed by atoms with E-state index in [-0.39, 0.29) is 34.6 Å². The molecule has 0 atom stereocenters. The fourth-order valence-electron chi connectivity index (χ4n) is 3.61. The van der Waals surface area contributed by atoms with Gasteiger partial charge in [0.05, 0.1) is 24.4 Å². The molecular weight excluding hydrogens is 433 g/mol. The summed E-state index contributed by atoms with van der Waals surface area (Å²) in [4.78, 5) is 25.3. The first kappa shape index (κ1) is 21.8. The van der Waals surface area contributed by atoms with Crippen molar-refractivity contribution in [3.05, 3.63) is 64.2 Å². The quantitative estimate of drug-likeness (QED) is 0.325. The standard InChI is InChI=1S/C22H22FN5O3S/c1-31-15-7-3-6-14(12-15)13-18(29)24-10-5-11-27-20(30)16-8-4-9-17(23)19(16)28-21(27)25-26-22(28)32-2/h3-4,6-9,12H,5,10-11,13H2,1-2H3,(H,24,29). The Hall–Kier alpha value is -3.40. The topological polar surface area (TPSA) is 90.5 Å². The molecule has 10 heteroatoms. The molecule has 0 radical (unpaired) electrons. The monoisotopic (exact) mass is 455 g/mol. The first-order chi connectivity index (χ1) is 15.5. The van der Waals surface area contributed by atoms with Gasteiger partial charge in [0.25, 0.3) is 5.56 Å². The highest BCUT2D eigenvalue weighted by molar-refractivity contribution is 7.98. The maximum atomic E-state index is 14.6. The number of nitrogens with one attached hydrogen (secondary N) is 1. The lowest BCUT2D eigenvalue weighted by Crippen LogP contribution is -2.29. The van der Waals surface area contributed by atoms with Gasteiger partial charge in [0.15, 0.2) is 5.16 Å². The Bertz CT molecular complexity index is 1350. The summed E-state index contributed by atoms with van der Waals surface area (Å²) in [6, 6.07) is 11.8. The number of methoxy groups -OCH3 is 1. The molecule has 0 fully saturated rings. The summed E-state index contributed by atoms with van der Waals surface area (Å²) in [5.41, 5.74) is 0.684. The number of ether oxygens (including phenoxy) is 1. The number of fused-ring (bicyclic) bond motifs is 3. The van der Waals surface area contributed by atoms with Gasteiger partial charge in [-0.1, -0.05) is 30.0 Å². The van der Waals surface area contributed by atoms with Gasteiger partial charge in [-0.2, -0.15) is 0 Å². The number of hydrogen-bond donors (Lipinski definition) is 1. The second-order valence-corrected chi connectivity index (χ2v) is 7.92. The Kier molecular flexibility index (Phi) is 6.40. The van der Waals surface area contributed by atoms with Crippen molar-refractivity contribution in [2.75, 3.05) is 19.9 Å². The maximum absolute atomic E-state index is 14.6. The van der Waals surface area contributed by atoms with Gasteiger partial charge in [0.2, 0.25) is 11.7 Å². The number of halogens is 1. The molecule has 2 aromatic carbocycles. The first-order valence-corrected chi connectivity index (χ1v) is 11.3. The Labute approximate surface area is 187 Å². The summed E-state index contributed by atoms with van der Waals surface area (Å²) in [5.74, 6) is 0.351. The largest absolute Gasteiger partial charge is 0.497 e. The molecule has 0 aliphatic heterocycles. The predicted octanol–water partition coefficient (Wildman–Crippen LogP) is 2.66. The number of aromatic nitrogens is 4. The van der Waals surface area contributed by atoms with E-state index in [1.807, 2.05) is 30.5 Å². The number of carbonyl (C=O) groups is 1. The van der Waals surface area contributed by atoms with Crippen molar-refractivity contribution in [3.63, 3.8) is 0 Å². The Balaban J connectivity index is 1.50. The van der Waals surface area contributed by atoms with Gasteiger partial charge in [0.1, 0.15) is 11.6 Å². The van der Waals surface area contributed by atoms with E-state index in [0.717, 1.165) is 5.56 Å². The molecule has 1 N–H and O–H groups in total. The summed E-state index contributed by atoms with van der Waals surface area (Å²) in [5, 5.41) is 11.8. The zero-order chi connectivity index (χ0) is 22.7. The molecule has 2 heterocycles. The van der Waals surface area contributed by atoms with Gasteiger partial charge in [-0.3, -0.25) is 18.6 Å². The molecule has 166 valence electrons. The second-order valence-electron chi connectivity index (χ2n) is 7.15. The molecule has 32 heavy (non-hydrogen) atoms. The number of hydrogen-bond acceptors (Lipinski definition) is 6. The minimum absolute atomic E-state index is 0.122. The molecule has 0 unspecified atom stereocenters. The van der Waals surface area contributed by atoms with E-state index in [0.29, 0.717) is 30.4 Å². The van der Waals surface area contributed by atoms with Gasteiger partial charge >= 0.3 is 0 Å². The van der Waals surface area contributed by atoms with Crippen LogP contribution in [0, 0.1) is 5.82 Å². The smallest absolute Gasteiger partial charge is 0.262 e. The zero-order valence-corrected chi connectivity index (χ0v) is 18.5. The van der Waals surface area contributed by atoms with Crippen LogP contribution in [0.25, 0.3) is 16.7 Å². The fourth-order valence-corrected chi connectivity index (χ4v) is 4.09. The molecule has 4 aromatic rings. The number of amides is 1. The van der Waals surface area contributed by atoms with E-state index in [4.69, 9.17) is 4.74 Å². The summed E-state index contributed by atoms with van der Waals surface area (Å²) in [6.07, 6.45) is 2.55. The number of benzene rings is 2. The van der Waals surface area contributed by atoms with Crippen molar-refractivity contribution < 1.29 is 13.9 Å². The Morgan fingerprint density at radius 1 is 1.22 bits per heavy atom. The van der Waals surface area contributed by atoms with Crippen molar-refractivity contribution >= 4 is 34.3 Å². The number of rotatable bonds is 8. The van der Waals surface area contributed by atoms with Crippen LogP contribution in [0.2, 0.25) is 0 Å². The van der Waals surface area contributed by atoms with Gasteiger partial charge in [-0.15, -0.1) is 10.2 Å². The van der Waals surface area contributed by atoms with Crippen LogP contribution in [-0.2, 0) is 17.8 Å². The van der Waals surface area contributed by atoms with E-state index in [9.17, 15) is 14.0 Å². The van der Waals surface area contributed by atoms with Crippen LogP contribution >= 0.6 is 11.8 Å². The van der Waals surface area contributed by atoms with Crippen molar-refractivity contribution in [2.45, 2.75) is 24.5 Å². The van der Waals surface area contributed by atoms with Crippen LogP contribution in [0.4, 0.5) is 4.39 Å². The fraction of sp³-hybridized carbons (Fsp3) is 0.273. The van der Waals surface area contributed by atoms with Crippen LogP contribution in [0.15, 0.2) is 52.4 Å². The van der Waals surface area contributed by atoms with Crippen LogP contribution in [0.5, 0.6) is 5.75 Å². The number of carbonyl (C=O) groups excluding carboxylic acids is 1. The van der Waals surface area contributed by atoms with Crippen LogP contribution in [0.3, 0.4) is 0 Å². The minimum atomic E-state index is -0.503. The molecule has 2 aromatic heterocycles. The predicted molar refractivity (Wildman–Crippen MR) is 121 cm³/mol. The van der Waals surface area contributed by atoms with E-state index in [1.54, 1.807) is 17.6 Å². The molecular formula is C22H22FN5O3S. The summed E-state index contributed by atoms with van der Waals surface area (Å²) in [7, 11) is 1.58. The van der Waals surface area contributed by atoms with Gasteiger partial charge < -0.3 is 10.1 Å². The number of para-hydroxylation sites is 1. The minimum Gasteiger partial charge on any atom is -0.497 e. The van der Waals surface area contributed by atoms with E-state index >= 15 is 0 Å². The highest BCUT2D eigenvalue weighted by Gasteiger charge is 2.18. The molecule has 0 saturated heterocycles. The lowest BCUT2D eigenvalue weighted by atomic mass is 10.1. The summed E-state index contributed by atoms with van der Waals surface area (Å²) < 4.78 is 22.8. The van der Waals surface area contributed by atoms with Gasteiger partial charge in [-0.25, -0.2) is 4.39 Å². The molecule has 8 nitrogen and oxygen atoms in total. The van der Waals surface area contributed by atoms with Crippen LogP contribution in [-0.4, -0.2) is 45.0 Å². The van der Waals surface area contributed by atoms with Crippen LogP contribution < -0.4 is 15.6 Å². The highest BCUT2D eigenvalue weighted by Crippen LogP contribution is 2.22. The normalized spacial score (nSPS) is 11.2. The Morgan fingerprint density at radius 2 is 2.03 bits per heavy atom. The molecule has 0 bridgehead atoms. The number of nitrogens with zero attached hydrogens (tertiary/aromatic N) is 4. The lowest BCUT2D eigenvalue weighted by molar-refractivity contribution is -0.120. The van der Waals surface area contributed by atoms with Crippen LogP contribution in [0.1, 0.15) is 12.0 Å². The molecule has 0 aliphatic carbocycles. The molecule has 0 spiro atoms. The molecule has 1 amide bonds.